The van der Waals surface area contributed by atoms with Crippen LogP contribution in [0.15, 0.2) is 48.5 Å². The summed E-state index contributed by atoms with van der Waals surface area (Å²) in [5.41, 5.74) is 4.04. The lowest BCUT2D eigenvalue weighted by Crippen LogP contribution is -2.28. The molecule has 126 valence electrons. The smallest absolute Gasteiger partial charge is 0.322 e. The van der Waals surface area contributed by atoms with Gasteiger partial charge in [0.25, 0.3) is 0 Å². The van der Waals surface area contributed by atoms with E-state index in [2.05, 4.69) is 32.6 Å². The molecule has 1 aromatic heterocycles. The topological polar surface area (TPSA) is 73.9 Å². The fourth-order valence-electron chi connectivity index (χ4n) is 3.03. The summed E-state index contributed by atoms with van der Waals surface area (Å²) < 4.78 is 0. The average Bonchev–Trinajstić information content (AvgIpc) is 3.26. The van der Waals surface area contributed by atoms with Crippen LogP contribution < -0.4 is 10.2 Å². The first-order chi connectivity index (χ1) is 12.2. The van der Waals surface area contributed by atoms with Crippen molar-refractivity contribution in [2.45, 2.75) is 13.3 Å². The van der Waals surface area contributed by atoms with Crippen LogP contribution in [-0.2, 0) is 6.42 Å². The fourth-order valence-corrected chi connectivity index (χ4v) is 3.03. The Kier molecular flexibility index (Phi) is 3.93. The minimum Gasteiger partial charge on any atom is -0.336 e. The Balaban J connectivity index is 1.61. The molecule has 0 spiro atoms. The molecule has 0 unspecified atom stereocenters. The van der Waals surface area contributed by atoms with E-state index in [4.69, 9.17) is 0 Å². The number of nitrogens with zero attached hydrogens (tertiary/aromatic N) is 3. The van der Waals surface area contributed by atoms with E-state index in [1.807, 2.05) is 43.3 Å². The van der Waals surface area contributed by atoms with Crippen molar-refractivity contribution >= 4 is 11.7 Å². The maximum Gasteiger partial charge on any atom is 0.322 e. The Labute approximate surface area is 145 Å². The van der Waals surface area contributed by atoms with Gasteiger partial charge in [0.2, 0.25) is 0 Å². The number of hydrogen-bond donors (Lipinski definition) is 2. The van der Waals surface area contributed by atoms with E-state index in [9.17, 15) is 4.79 Å². The van der Waals surface area contributed by atoms with Crippen molar-refractivity contribution in [3.63, 3.8) is 0 Å². The van der Waals surface area contributed by atoms with Gasteiger partial charge in [-0.3, -0.25) is 10.00 Å². The number of amides is 2. The van der Waals surface area contributed by atoms with Crippen molar-refractivity contribution in [3.8, 4) is 11.4 Å². The molecular weight excluding hydrogens is 314 g/mol. The van der Waals surface area contributed by atoms with Gasteiger partial charge in [-0.1, -0.05) is 42.5 Å². The number of carbonyl (C=O) groups excluding carboxylic acids is 1. The van der Waals surface area contributed by atoms with Gasteiger partial charge < -0.3 is 5.32 Å². The molecule has 0 bridgehead atoms. The Morgan fingerprint density at radius 3 is 2.76 bits per heavy atom. The molecule has 3 aromatic rings. The molecule has 6 nitrogen and oxygen atoms in total. The second-order valence-electron chi connectivity index (χ2n) is 6.15. The molecule has 2 heterocycles. The predicted octanol–water partition coefficient (Wildman–Crippen LogP) is 2.90. The highest BCUT2D eigenvalue weighted by Gasteiger charge is 2.23. The zero-order valence-corrected chi connectivity index (χ0v) is 14.0. The Hall–Kier alpha value is -3.15. The van der Waals surface area contributed by atoms with Crippen molar-refractivity contribution in [3.05, 3.63) is 65.5 Å². The van der Waals surface area contributed by atoms with Gasteiger partial charge in [0.05, 0.1) is 0 Å². The highest BCUT2D eigenvalue weighted by Crippen LogP contribution is 2.27. The summed E-state index contributed by atoms with van der Waals surface area (Å²) in [6.07, 6.45) is 0.709. The second-order valence-corrected chi connectivity index (χ2v) is 6.15. The van der Waals surface area contributed by atoms with Gasteiger partial charge in [-0.05, 0) is 24.1 Å². The predicted molar refractivity (Wildman–Crippen MR) is 96.5 cm³/mol. The fraction of sp³-hybridized carbons (Fsp3) is 0.211. The number of aromatic nitrogens is 3. The van der Waals surface area contributed by atoms with Crippen LogP contribution in [0.4, 0.5) is 10.5 Å². The van der Waals surface area contributed by atoms with E-state index in [1.165, 1.54) is 5.56 Å². The minimum absolute atomic E-state index is 0.0556. The highest BCUT2D eigenvalue weighted by atomic mass is 16.2. The highest BCUT2D eigenvalue weighted by molar-refractivity contribution is 5.95. The van der Waals surface area contributed by atoms with Gasteiger partial charge in [-0.2, -0.15) is 5.10 Å². The van der Waals surface area contributed by atoms with E-state index in [-0.39, 0.29) is 6.03 Å². The van der Waals surface area contributed by atoms with E-state index in [0.717, 1.165) is 22.6 Å². The summed E-state index contributed by atoms with van der Waals surface area (Å²) in [7, 11) is 0. The normalized spacial score (nSPS) is 14.0. The minimum atomic E-state index is -0.0556. The number of aromatic amines is 1. The van der Waals surface area contributed by atoms with Crippen LogP contribution in [0.5, 0.6) is 0 Å². The molecule has 0 aliphatic carbocycles. The van der Waals surface area contributed by atoms with E-state index >= 15 is 0 Å². The number of urea groups is 1. The maximum absolute atomic E-state index is 12.0. The monoisotopic (exact) mass is 333 g/mol. The first-order valence-electron chi connectivity index (χ1n) is 8.32. The lowest BCUT2D eigenvalue weighted by atomic mass is 10.1. The van der Waals surface area contributed by atoms with Crippen molar-refractivity contribution in [2.24, 2.45) is 0 Å². The number of carbonyl (C=O) groups is 1. The molecule has 0 atom stereocenters. The Morgan fingerprint density at radius 2 is 2.00 bits per heavy atom. The molecule has 2 amide bonds. The van der Waals surface area contributed by atoms with Gasteiger partial charge in [0.1, 0.15) is 5.82 Å². The molecule has 1 aliphatic rings. The third-order valence-electron chi connectivity index (χ3n) is 4.36. The van der Waals surface area contributed by atoms with Gasteiger partial charge in [0.15, 0.2) is 5.82 Å². The molecule has 6 heteroatoms. The number of H-pyrrole nitrogens is 1. The van der Waals surface area contributed by atoms with Gasteiger partial charge >= 0.3 is 6.03 Å². The van der Waals surface area contributed by atoms with Crippen molar-refractivity contribution in [1.82, 2.24) is 20.5 Å². The molecule has 2 N–H and O–H groups in total. The first-order valence-corrected chi connectivity index (χ1v) is 8.32. The zero-order valence-electron chi connectivity index (χ0n) is 14.0. The Morgan fingerprint density at radius 1 is 1.16 bits per heavy atom. The number of benzene rings is 2. The molecule has 2 aromatic carbocycles. The van der Waals surface area contributed by atoms with Crippen molar-refractivity contribution in [2.75, 3.05) is 18.0 Å². The molecule has 0 saturated carbocycles. The third-order valence-corrected chi connectivity index (χ3v) is 4.36. The largest absolute Gasteiger partial charge is 0.336 e. The number of hydrogen-bond acceptors (Lipinski definition) is 3. The van der Waals surface area contributed by atoms with Crippen molar-refractivity contribution in [1.29, 1.82) is 0 Å². The van der Waals surface area contributed by atoms with E-state index in [0.29, 0.717) is 25.3 Å². The quantitative estimate of drug-likeness (QED) is 0.771. The SMILES string of the molecule is Cc1ccc(-c2n[nH]c(Cc3ccccc3)n2)cc1N1CCNC1=O. The first kappa shape index (κ1) is 15.4. The van der Waals surface area contributed by atoms with E-state index in [1.54, 1.807) is 4.90 Å². The molecule has 0 radical (unpaired) electrons. The molecule has 1 fully saturated rings. The average molecular weight is 333 g/mol. The summed E-state index contributed by atoms with van der Waals surface area (Å²) in [6, 6.07) is 16.1. The molecule has 4 rings (SSSR count). The summed E-state index contributed by atoms with van der Waals surface area (Å²) in [5.74, 6) is 1.47. The van der Waals surface area contributed by atoms with Crippen molar-refractivity contribution < 1.29 is 4.79 Å². The van der Waals surface area contributed by atoms with Crippen LogP contribution in [0.2, 0.25) is 0 Å². The zero-order chi connectivity index (χ0) is 17.2. The van der Waals surface area contributed by atoms with Crippen LogP contribution in [0.1, 0.15) is 17.0 Å². The summed E-state index contributed by atoms with van der Waals surface area (Å²) in [5, 5.41) is 10.2. The molecular formula is C19H19N5O. The summed E-state index contributed by atoms with van der Waals surface area (Å²) in [4.78, 5) is 18.3. The lowest BCUT2D eigenvalue weighted by Gasteiger charge is -2.17. The Bertz CT molecular complexity index is 903. The summed E-state index contributed by atoms with van der Waals surface area (Å²) in [6.45, 7) is 3.35. The standard InChI is InChI=1S/C19H19N5O/c1-13-7-8-15(12-16(13)24-10-9-20-19(24)25)18-21-17(22-23-18)11-14-5-3-2-4-6-14/h2-8,12H,9-11H2,1H3,(H,20,25)(H,21,22,23). The number of aryl methyl sites for hydroxylation is 1. The van der Waals surface area contributed by atoms with Gasteiger partial charge in [-0.25, -0.2) is 9.78 Å². The van der Waals surface area contributed by atoms with Crippen LogP contribution in [0.3, 0.4) is 0 Å². The lowest BCUT2D eigenvalue weighted by molar-refractivity contribution is 0.252. The molecule has 1 saturated heterocycles. The van der Waals surface area contributed by atoms with Crippen LogP contribution >= 0.6 is 0 Å². The second kappa shape index (κ2) is 6.39. The van der Waals surface area contributed by atoms with Crippen LogP contribution in [-0.4, -0.2) is 34.3 Å². The number of nitrogens with one attached hydrogen (secondary N) is 2. The maximum atomic E-state index is 12.0. The van der Waals surface area contributed by atoms with Crippen LogP contribution in [0, 0.1) is 6.92 Å². The number of rotatable bonds is 4. The number of anilines is 1. The van der Waals surface area contributed by atoms with E-state index < -0.39 is 0 Å². The summed E-state index contributed by atoms with van der Waals surface area (Å²) >= 11 is 0. The molecule has 25 heavy (non-hydrogen) atoms. The molecule has 1 aliphatic heterocycles. The van der Waals surface area contributed by atoms with Gasteiger partial charge in [0, 0.05) is 30.8 Å². The van der Waals surface area contributed by atoms with Crippen LogP contribution in [0.25, 0.3) is 11.4 Å². The third kappa shape index (κ3) is 3.10. The van der Waals surface area contributed by atoms with Gasteiger partial charge in [-0.15, -0.1) is 0 Å².